The summed E-state index contributed by atoms with van der Waals surface area (Å²) in [6.07, 6.45) is 10.7. The molecule has 3 heterocycles. The lowest BCUT2D eigenvalue weighted by atomic mass is 10.3. The zero-order valence-electron chi connectivity index (χ0n) is 12.0. The Kier molecular flexibility index (Phi) is 4.22. The number of rotatable bonds is 6. The minimum absolute atomic E-state index is 0.722. The van der Waals surface area contributed by atoms with Crippen LogP contribution in [0, 0.1) is 0 Å². The molecule has 3 aromatic heterocycles. The van der Waals surface area contributed by atoms with E-state index < -0.39 is 0 Å². The first-order valence-corrected chi connectivity index (χ1v) is 7.36. The summed E-state index contributed by atoms with van der Waals surface area (Å²) in [7, 11) is 2.12. The fraction of sp³-hybridized carbons (Fsp3) is 0.333. The maximum atomic E-state index is 5.98. The number of hydrogen-bond donors (Lipinski definition) is 0. The Hall–Kier alpha value is -1.85. The van der Waals surface area contributed by atoms with Crippen LogP contribution < -0.4 is 0 Å². The molecule has 0 spiro atoms. The molecule has 0 N–H and O–H groups in total. The molecule has 0 amide bonds. The predicted molar refractivity (Wildman–Crippen MR) is 83.4 cm³/mol. The topological polar surface area (TPSA) is 38.4 Å². The van der Waals surface area contributed by atoms with Crippen molar-refractivity contribution in [2.24, 2.45) is 0 Å². The Labute approximate surface area is 128 Å². The number of halogens is 1. The Morgan fingerprint density at radius 2 is 2.19 bits per heavy atom. The number of hydrogen-bond acceptors (Lipinski definition) is 3. The molecule has 3 rings (SSSR count). The SMILES string of the molecule is CN(CCCn1ccnc1)Cc1cn2cc(Cl)ccc2n1. The van der Waals surface area contributed by atoms with Gasteiger partial charge in [-0.05, 0) is 32.1 Å². The van der Waals surface area contributed by atoms with Gasteiger partial charge in [0.1, 0.15) is 5.65 Å². The third-order valence-corrected chi connectivity index (χ3v) is 3.64. The molecule has 110 valence electrons. The molecule has 0 radical (unpaired) electrons. The maximum Gasteiger partial charge on any atom is 0.137 e. The molecule has 0 aliphatic heterocycles. The Morgan fingerprint density at radius 3 is 3.00 bits per heavy atom. The molecule has 0 aliphatic rings. The number of imidazole rings is 2. The number of pyridine rings is 1. The van der Waals surface area contributed by atoms with Gasteiger partial charge < -0.3 is 13.9 Å². The second kappa shape index (κ2) is 6.28. The lowest BCUT2D eigenvalue weighted by Gasteiger charge is -2.14. The van der Waals surface area contributed by atoms with E-state index in [0.29, 0.717) is 0 Å². The van der Waals surface area contributed by atoms with E-state index in [1.165, 1.54) is 0 Å². The normalized spacial score (nSPS) is 11.6. The van der Waals surface area contributed by atoms with Gasteiger partial charge in [0.2, 0.25) is 0 Å². The standard InChI is InChI=1S/C15H18ClN5/c1-19(6-2-7-20-8-5-17-12-20)10-14-11-21-9-13(16)3-4-15(21)18-14/h3-5,8-9,11-12H,2,6-7,10H2,1H3. The molecule has 0 aliphatic carbocycles. The zero-order valence-corrected chi connectivity index (χ0v) is 12.7. The van der Waals surface area contributed by atoms with Gasteiger partial charge in [0, 0.05) is 37.9 Å². The number of fused-ring (bicyclic) bond motifs is 1. The van der Waals surface area contributed by atoms with Crippen LogP contribution in [0.4, 0.5) is 0 Å². The second-order valence-corrected chi connectivity index (χ2v) is 5.67. The van der Waals surface area contributed by atoms with E-state index in [-0.39, 0.29) is 0 Å². The molecule has 0 saturated carbocycles. The lowest BCUT2D eigenvalue weighted by Crippen LogP contribution is -2.20. The Bertz CT molecular complexity index is 704. The van der Waals surface area contributed by atoms with Crippen molar-refractivity contribution in [2.45, 2.75) is 19.5 Å². The smallest absolute Gasteiger partial charge is 0.137 e. The molecular formula is C15H18ClN5. The molecule has 21 heavy (non-hydrogen) atoms. The highest BCUT2D eigenvalue weighted by atomic mass is 35.5. The van der Waals surface area contributed by atoms with Crippen molar-refractivity contribution in [1.29, 1.82) is 0 Å². The average Bonchev–Trinajstić information content (AvgIpc) is 3.07. The van der Waals surface area contributed by atoms with E-state index in [1.807, 2.05) is 47.6 Å². The van der Waals surface area contributed by atoms with Crippen LogP contribution in [0.2, 0.25) is 5.02 Å². The van der Waals surface area contributed by atoms with Crippen LogP contribution in [0.15, 0.2) is 43.2 Å². The first kappa shape index (κ1) is 14.1. The molecule has 3 aromatic rings. The van der Waals surface area contributed by atoms with Crippen molar-refractivity contribution in [3.05, 3.63) is 54.0 Å². The van der Waals surface area contributed by atoms with Gasteiger partial charge >= 0.3 is 0 Å². The van der Waals surface area contributed by atoms with Gasteiger partial charge in [-0.15, -0.1) is 0 Å². The summed E-state index contributed by atoms with van der Waals surface area (Å²) in [4.78, 5) is 10.9. The monoisotopic (exact) mass is 303 g/mol. The predicted octanol–water partition coefficient (Wildman–Crippen LogP) is 2.71. The van der Waals surface area contributed by atoms with E-state index in [0.717, 1.165) is 42.4 Å². The molecule has 0 atom stereocenters. The third kappa shape index (κ3) is 3.62. The summed E-state index contributed by atoms with van der Waals surface area (Å²) in [6, 6.07) is 3.80. The van der Waals surface area contributed by atoms with E-state index in [1.54, 1.807) is 0 Å². The van der Waals surface area contributed by atoms with Crippen molar-refractivity contribution < 1.29 is 0 Å². The van der Waals surface area contributed by atoms with Crippen LogP contribution in [0.3, 0.4) is 0 Å². The van der Waals surface area contributed by atoms with Crippen molar-refractivity contribution >= 4 is 17.2 Å². The first-order valence-electron chi connectivity index (χ1n) is 6.98. The third-order valence-electron chi connectivity index (χ3n) is 3.41. The number of aryl methyl sites for hydroxylation is 1. The van der Waals surface area contributed by atoms with Crippen molar-refractivity contribution in [3.63, 3.8) is 0 Å². The molecule has 5 nitrogen and oxygen atoms in total. The van der Waals surface area contributed by atoms with Gasteiger partial charge in [-0.2, -0.15) is 0 Å². The Morgan fingerprint density at radius 1 is 1.29 bits per heavy atom. The van der Waals surface area contributed by atoms with Gasteiger partial charge in [0.15, 0.2) is 0 Å². The number of aromatic nitrogens is 4. The van der Waals surface area contributed by atoms with E-state index in [2.05, 4.69) is 26.5 Å². The van der Waals surface area contributed by atoms with Crippen LogP contribution in [0.25, 0.3) is 5.65 Å². The summed E-state index contributed by atoms with van der Waals surface area (Å²) in [5, 5.41) is 0.722. The van der Waals surface area contributed by atoms with Gasteiger partial charge in [-0.3, -0.25) is 0 Å². The van der Waals surface area contributed by atoms with E-state index >= 15 is 0 Å². The van der Waals surface area contributed by atoms with Crippen molar-refractivity contribution in [1.82, 2.24) is 23.8 Å². The summed E-state index contributed by atoms with van der Waals surface area (Å²) in [5.74, 6) is 0. The van der Waals surface area contributed by atoms with Gasteiger partial charge in [-0.1, -0.05) is 11.6 Å². The molecule has 0 unspecified atom stereocenters. The summed E-state index contributed by atoms with van der Waals surface area (Å²) in [6.45, 7) is 2.85. The molecule has 6 heteroatoms. The molecule has 0 saturated heterocycles. The van der Waals surface area contributed by atoms with E-state index in [9.17, 15) is 0 Å². The van der Waals surface area contributed by atoms with Crippen LogP contribution in [0.5, 0.6) is 0 Å². The lowest BCUT2D eigenvalue weighted by molar-refractivity contribution is 0.311. The minimum Gasteiger partial charge on any atom is -0.337 e. The van der Waals surface area contributed by atoms with Gasteiger partial charge in [0.05, 0.1) is 17.0 Å². The number of nitrogens with zero attached hydrogens (tertiary/aromatic N) is 5. The van der Waals surface area contributed by atoms with Crippen molar-refractivity contribution in [2.75, 3.05) is 13.6 Å². The van der Waals surface area contributed by atoms with Crippen molar-refractivity contribution in [3.8, 4) is 0 Å². The van der Waals surface area contributed by atoms with E-state index in [4.69, 9.17) is 11.6 Å². The van der Waals surface area contributed by atoms with Crippen LogP contribution in [-0.4, -0.2) is 37.4 Å². The highest BCUT2D eigenvalue weighted by Gasteiger charge is 2.05. The molecule has 0 aromatic carbocycles. The molecule has 0 bridgehead atoms. The minimum atomic E-state index is 0.722. The summed E-state index contributed by atoms with van der Waals surface area (Å²) >= 11 is 5.98. The zero-order chi connectivity index (χ0) is 14.7. The highest BCUT2D eigenvalue weighted by Crippen LogP contribution is 2.12. The largest absolute Gasteiger partial charge is 0.337 e. The summed E-state index contributed by atoms with van der Waals surface area (Å²) < 4.78 is 4.07. The average molecular weight is 304 g/mol. The second-order valence-electron chi connectivity index (χ2n) is 5.24. The van der Waals surface area contributed by atoms with Crippen LogP contribution in [0.1, 0.15) is 12.1 Å². The highest BCUT2D eigenvalue weighted by molar-refractivity contribution is 6.30. The van der Waals surface area contributed by atoms with Crippen LogP contribution in [-0.2, 0) is 13.1 Å². The van der Waals surface area contributed by atoms with Gasteiger partial charge in [0.25, 0.3) is 0 Å². The fourth-order valence-electron chi connectivity index (χ4n) is 2.39. The molecular weight excluding hydrogens is 286 g/mol. The Balaban J connectivity index is 1.54. The first-order chi connectivity index (χ1) is 10.2. The summed E-state index contributed by atoms with van der Waals surface area (Å²) in [5.41, 5.74) is 1.99. The maximum absolute atomic E-state index is 5.98. The fourth-order valence-corrected chi connectivity index (χ4v) is 2.56. The van der Waals surface area contributed by atoms with Gasteiger partial charge in [-0.25, -0.2) is 9.97 Å². The van der Waals surface area contributed by atoms with Crippen LogP contribution >= 0.6 is 11.6 Å². The molecule has 0 fully saturated rings. The quantitative estimate of drug-likeness (QED) is 0.703.